The first-order valence-electron chi connectivity index (χ1n) is 13.6. The molecule has 0 saturated heterocycles. The van der Waals surface area contributed by atoms with Gasteiger partial charge in [-0.3, -0.25) is 14.5 Å². The van der Waals surface area contributed by atoms with Crippen molar-refractivity contribution < 1.29 is 19.1 Å². The van der Waals surface area contributed by atoms with Crippen LogP contribution in [-0.4, -0.2) is 34.5 Å². The first-order valence-corrected chi connectivity index (χ1v) is 13.6. The molecule has 0 aliphatic rings. The summed E-state index contributed by atoms with van der Waals surface area (Å²) in [5.74, 6) is -1.07. The van der Waals surface area contributed by atoms with Gasteiger partial charge in [0.25, 0.3) is 11.8 Å². The minimum Gasteiger partial charge on any atom is -0.444 e. The van der Waals surface area contributed by atoms with Crippen LogP contribution in [0.3, 0.4) is 0 Å². The number of aryl methyl sites for hydroxylation is 4. The highest BCUT2D eigenvalue weighted by molar-refractivity contribution is 6.00. The van der Waals surface area contributed by atoms with E-state index >= 15 is 0 Å². The van der Waals surface area contributed by atoms with Gasteiger partial charge in [-0.1, -0.05) is 84.3 Å². The number of terminal acetylenes is 1. The fourth-order valence-electron chi connectivity index (χ4n) is 4.72. The van der Waals surface area contributed by atoms with Crippen LogP contribution < -0.4 is 10.6 Å². The zero-order valence-electron chi connectivity index (χ0n) is 24.9. The van der Waals surface area contributed by atoms with Crippen LogP contribution in [0.1, 0.15) is 60.2 Å². The van der Waals surface area contributed by atoms with Gasteiger partial charge in [-0.2, -0.15) is 0 Å². The maximum Gasteiger partial charge on any atom is 0.408 e. The molecular formula is C34H39N3O4. The molecular weight excluding hydrogens is 514 g/mol. The highest BCUT2D eigenvalue weighted by atomic mass is 16.6. The lowest BCUT2D eigenvalue weighted by molar-refractivity contribution is -0.136. The fourth-order valence-corrected chi connectivity index (χ4v) is 4.72. The van der Waals surface area contributed by atoms with Crippen molar-refractivity contribution in [1.29, 1.82) is 0 Å². The molecule has 2 unspecified atom stereocenters. The third kappa shape index (κ3) is 8.46. The number of alkyl carbamates (subject to hydrolysis) is 1. The molecule has 214 valence electrons. The normalized spacial score (nSPS) is 12.4. The Morgan fingerprint density at radius 1 is 0.902 bits per heavy atom. The summed E-state index contributed by atoms with van der Waals surface area (Å²) in [5.41, 5.74) is 4.85. The second-order valence-corrected chi connectivity index (χ2v) is 11.3. The molecule has 2 N–H and O–H groups in total. The SMILES string of the molecule is C#CN(C(=O)C(Cc1ccccc1)NC(=O)OC(C)(C)C)C(C(=O)Nc1c(C)cccc1C)c1cc(C)cc(C)c1. The van der Waals surface area contributed by atoms with E-state index in [0.29, 0.717) is 11.3 Å². The van der Waals surface area contributed by atoms with Crippen molar-refractivity contribution in [3.8, 4) is 12.5 Å². The number of amides is 3. The van der Waals surface area contributed by atoms with Crippen LogP contribution in [0.25, 0.3) is 0 Å². The lowest BCUT2D eigenvalue weighted by Crippen LogP contribution is -2.51. The van der Waals surface area contributed by atoms with Crippen LogP contribution in [0.5, 0.6) is 0 Å². The van der Waals surface area contributed by atoms with Crippen LogP contribution in [0, 0.1) is 40.2 Å². The zero-order chi connectivity index (χ0) is 30.3. The summed E-state index contributed by atoms with van der Waals surface area (Å²) in [7, 11) is 0. The minimum absolute atomic E-state index is 0.148. The Morgan fingerprint density at radius 3 is 2.02 bits per heavy atom. The van der Waals surface area contributed by atoms with E-state index in [9.17, 15) is 14.4 Å². The van der Waals surface area contributed by atoms with Gasteiger partial charge in [0.2, 0.25) is 0 Å². The van der Waals surface area contributed by atoms with E-state index in [4.69, 9.17) is 11.2 Å². The Hall–Kier alpha value is -4.57. The van der Waals surface area contributed by atoms with E-state index < -0.39 is 35.6 Å². The van der Waals surface area contributed by atoms with Gasteiger partial charge in [-0.15, -0.1) is 0 Å². The second kappa shape index (κ2) is 13.2. The maximum absolute atomic E-state index is 14.2. The molecule has 7 heteroatoms. The molecule has 0 aromatic heterocycles. The highest BCUT2D eigenvalue weighted by Crippen LogP contribution is 2.28. The van der Waals surface area contributed by atoms with Crippen LogP contribution >= 0.6 is 0 Å². The number of carbonyl (C=O) groups is 3. The Bertz CT molecular complexity index is 1410. The van der Waals surface area contributed by atoms with Gasteiger partial charge in [0.05, 0.1) is 0 Å². The van der Waals surface area contributed by atoms with E-state index in [0.717, 1.165) is 32.7 Å². The summed E-state index contributed by atoms with van der Waals surface area (Å²) < 4.78 is 5.45. The largest absolute Gasteiger partial charge is 0.444 e. The molecule has 2 atom stereocenters. The lowest BCUT2D eigenvalue weighted by Gasteiger charge is -2.31. The highest BCUT2D eigenvalue weighted by Gasteiger charge is 2.36. The second-order valence-electron chi connectivity index (χ2n) is 11.3. The molecule has 3 rings (SSSR count). The standard InChI is InChI=1S/C34H39N3O4/c1-9-37(32(39)28(21-26-16-11-10-12-17-26)35-33(40)41-34(6,7)8)30(27-19-22(2)18-23(3)20-27)31(38)36-29-24(4)14-13-15-25(29)5/h1,10-20,28,30H,21H2,2-8H3,(H,35,40)(H,36,38). The molecule has 0 heterocycles. The number of hydrogen-bond acceptors (Lipinski definition) is 4. The van der Waals surface area contributed by atoms with Gasteiger partial charge >= 0.3 is 6.09 Å². The molecule has 3 aromatic carbocycles. The van der Waals surface area contributed by atoms with Crippen molar-refractivity contribution >= 4 is 23.6 Å². The number of nitrogens with zero attached hydrogens (tertiary/aromatic N) is 1. The third-order valence-corrected chi connectivity index (χ3v) is 6.44. The minimum atomic E-state index is -1.16. The van der Waals surface area contributed by atoms with Gasteiger partial charge in [0.1, 0.15) is 17.7 Å². The van der Waals surface area contributed by atoms with Gasteiger partial charge in [-0.25, -0.2) is 4.79 Å². The lowest BCUT2D eigenvalue weighted by atomic mass is 9.97. The Labute approximate surface area is 243 Å². The zero-order valence-corrected chi connectivity index (χ0v) is 24.9. The van der Waals surface area contributed by atoms with Gasteiger partial charge in [0, 0.05) is 18.2 Å². The molecule has 3 amide bonds. The number of rotatable bonds is 8. The third-order valence-electron chi connectivity index (χ3n) is 6.44. The fraction of sp³-hybridized carbons (Fsp3) is 0.324. The quantitative estimate of drug-likeness (QED) is 0.259. The molecule has 0 saturated carbocycles. The van der Waals surface area contributed by atoms with E-state index in [1.807, 2.05) is 94.4 Å². The first kappa shape index (κ1) is 31.0. The monoisotopic (exact) mass is 553 g/mol. The Balaban J connectivity index is 2.07. The van der Waals surface area contributed by atoms with Gasteiger partial charge < -0.3 is 15.4 Å². The number of ether oxygens (including phenoxy) is 1. The van der Waals surface area contributed by atoms with E-state index in [-0.39, 0.29) is 6.42 Å². The molecule has 3 aromatic rings. The molecule has 0 spiro atoms. The van der Waals surface area contributed by atoms with Crippen LogP contribution in [-0.2, 0) is 20.7 Å². The maximum atomic E-state index is 14.2. The Morgan fingerprint density at radius 2 is 1.49 bits per heavy atom. The first-order chi connectivity index (χ1) is 19.3. The Kier molecular flexibility index (Phi) is 9.96. The van der Waals surface area contributed by atoms with E-state index in [1.165, 1.54) is 0 Å². The molecule has 0 bridgehead atoms. The van der Waals surface area contributed by atoms with Crippen LogP contribution in [0.2, 0.25) is 0 Å². The number of anilines is 1. The average molecular weight is 554 g/mol. The van der Waals surface area contributed by atoms with Crippen molar-refractivity contribution in [2.75, 3.05) is 5.32 Å². The predicted molar refractivity (Wildman–Crippen MR) is 162 cm³/mol. The van der Waals surface area contributed by atoms with Crippen molar-refractivity contribution in [2.24, 2.45) is 0 Å². The smallest absolute Gasteiger partial charge is 0.408 e. The molecule has 0 radical (unpaired) electrons. The number of benzene rings is 3. The van der Waals surface area contributed by atoms with Crippen molar-refractivity contribution in [1.82, 2.24) is 10.2 Å². The topological polar surface area (TPSA) is 87.7 Å². The number of nitrogens with one attached hydrogen (secondary N) is 2. The summed E-state index contributed by atoms with van der Waals surface area (Å²) in [5, 5.41) is 5.70. The summed E-state index contributed by atoms with van der Waals surface area (Å²) in [6, 6.07) is 20.8. The van der Waals surface area contributed by atoms with Crippen molar-refractivity contribution in [2.45, 2.75) is 72.6 Å². The van der Waals surface area contributed by atoms with Gasteiger partial charge in [0.15, 0.2) is 0 Å². The molecule has 0 aliphatic carbocycles. The van der Waals surface area contributed by atoms with E-state index in [1.54, 1.807) is 20.8 Å². The van der Waals surface area contributed by atoms with Crippen LogP contribution in [0.4, 0.5) is 10.5 Å². The predicted octanol–water partition coefficient (Wildman–Crippen LogP) is 6.16. The molecule has 7 nitrogen and oxygen atoms in total. The van der Waals surface area contributed by atoms with Crippen LogP contribution in [0.15, 0.2) is 66.7 Å². The summed E-state index contributed by atoms with van der Waals surface area (Å²) in [4.78, 5) is 42.1. The van der Waals surface area contributed by atoms with Crippen molar-refractivity contribution in [3.05, 3.63) is 100 Å². The van der Waals surface area contributed by atoms with Crippen molar-refractivity contribution in [3.63, 3.8) is 0 Å². The molecule has 41 heavy (non-hydrogen) atoms. The van der Waals surface area contributed by atoms with Gasteiger partial charge in [-0.05, 0) is 70.7 Å². The number of hydrogen-bond donors (Lipinski definition) is 2. The summed E-state index contributed by atoms with van der Waals surface area (Å²) >= 11 is 0. The number of carbonyl (C=O) groups excluding carboxylic acids is 3. The molecule has 0 aliphatic heterocycles. The van der Waals surface area contributed by atoms with E-state index in [2.05, 4.69) is 16.7 Å². The number of para-hydroxylation sites is 1. The summed E-state index contributed by atoms with van der Waals surface area (Å²) in [6.45, 7) is 12.9. The average Bonchev–Trinajstić information content (AvgIpc) is 2.87. The summed E-state index contributed by atoms with van der Waals surface area (Å²) in [6.07, 6.45) is 5.36. The molecule has 0 fully saturated rings.